The summed E-state index contributed by atoms with van der Waals surface area (Å²) in [6.07, 6.45) is 4.01. The van der Waals surface area contributed by atoms with Gasteiger partial charge in [-0.2, -0.15) is 0 Å². The van der Waals surface area contributed by atoms with Crippen LogP contribution in [0.4, 0.5) is 0 Å². The van der Waals surface area contributed by atoms with Gasteiger partial charge in [0.1, 0.15) is 0 Å². The van der Waals surface area contributed by atoms with Crippen molar-refractivity contribution in [1.29, 1.82) is 0 Å². The van der Waals surface area contributed by atoms with Gasteiger partial charge in [-0.25, -0.2) is 22.4 Å². The number of hydrogen-bond donors (Lipinski definition) is 0. The Morgan fingerprint density at radius 3 is 2.62 bits per heavy atom. The molecule has 3 aromatic rings. The average molecular weight is 342 g/mol. The molecule has 0 atom stereocenters. The molecular formula is C13H9Cl2N3O2S. The predicted molar refractivity (Wildman–Crippen MR) is 83.2 cm³/mol. The molecule has 21 heavy (non-hydrogen) atoms. The average Bonchev–Trinajstić information content (AvgIpc) is 2.81. The Kier molecular flexibility index (Phi) is 3.39. The van der Waals surface area contributed by atoms with Gasteiger partial charge < -0.3 is 0 Å². The van der Waals surface area contributed by atoms with Crippen molar-refractivity contribution < 1.29 is 8.42 Å². The van der Waals surface area contributed by atoms with Gasteiger partial charge in [-0.3, -0.25) is 0 Å². The van der Waals surface area contributed by atoms with Crippen molar-refractivity contribution in [2.45, 2.75) is 0 Å². The summed E-state index contributed by atoms with van der Waals surface area (Å²) >= 11 is 11.9. The SMILES string of the molecule is CS(=O)(=O)n1cc(-c2nc(Cl)ncc2Cl)c2ccccc21. The first kappa shape index (κ1) is 14.3. The number of hydrogen-bond acceptors (Lipinski definition) is 4. The quantitative estimate of drug-likeness (QED) is 0.671. The molecule has 0 radical (unpaired) electrons. The number of rotatable bonds is 2. The molecule has 0 bridgehead atoms. The van der Waals surface area contributed by atoms with E-state index in [1.807, 2.05) is 6.07 Å². The van der Waals surface area contributed by atoms with Gasteiger partial charge in [0.2, 0.25) is 15.3 Å². The Hall–Kier alpha value is -1.63. The molecule has 108 valence electrons. The second-order valence-electron chi connectivity index (χ2n) is 4.45. The van der Waals surface area contributed by atoms with Crippen molar-refractivity contribution in [1.82, 2.24) is 13.9 Å². The van der Waals surface area contributed by atoms with E-state index in [2.05, 4.69) is 9.97 Å². The molecule has 3 rings (SSSR count). The highest BCUT2D eigenvalue weighted by Gasteiger charge is 2.18. The van der Waals surface area contributed by atoms with Crippen LogP contribution in [0.3, 0.4) is 0 Å². The van der Waals surface area contributed by atoms with Crippen LogP contribution in [-0.4, -0.2) is 28.6 Å². The van der Waals surface area contributed by atoms with Crippen molar-refractivity contribution >= 4 is 44.1 Å². The van der Waals surface area contributed by atoms with Crippen LogP contribution in [0.15, 0.2) is 36.7 Å². The largest absolute Gasteiger partial charge is 0.245 e. The third-order valence-electron chi connectivity index (χ3n) is 3.01. The Bertz CT molecular complexity index is 951. The lowest BCUT2D eigenvalue weighted by atomic mass is 10.1. The normalized spacial score (nSPS) is 12.0. The number of nitrogens with zero attached hydrogens (tertiary/aromatic N) is 3. The van der Waals surface area contributed by atoms with Gasteiger partial charge in [0.25, 0.3) is 0 Å². The summed E-state index contributed by atoms with van der Waals surface area (Å²) in [5, 5.41) is 1.07. The van der Waals surface area contributed by atoms with E-state index in [1.165, 1.54) is 16.4 Å². The number of halogens is 2. The Balaban J connectivity index is 2.42. The molecule has 2 aromatic heterocycles. The standard InChI is InChI=1S/C13H9Cl2N3O2S/c1-21(19,20)18-7-9(8-4-2-3-5-11(8)18)12-10(14)6-16-13(15)17-12/h2-7H,1H3. The molecule has 0 amide bonds. The maximum atomic E-state index is 11.9. The zero-order valence-electron chi connectivity index (χ0n) is 10.8. The van der Waals surface area contributed by atoms with E-state index in [0.29, 0.717) is 21.8 Å². The van der Waals surface area contributed by atoms with E-state index in [0.717, 1.165) is 11.6 Å². The number of para-hydroxylation sites is 1. The van der Waals surface area contributed by atoms with Crippen molar-refractivity contribution in [2.24, 2.45) is 0 Å². The zero-order chi connectivity index (χ0) is 15.2. The van der Waals surface area contributed by atoms with Crippen LogP contribution in [0.25, 0.3) is 22.2 Å². The summed E-state index contributed by atoms with van der Waals surface area (Å²) in [4.78, 5) is 7.90. The van der Waals surface area contributed by atoms with Gasteiger partial charge in [-0.1, -0.05) is 29.8 Å². The summed E-state index contributed by atoms with van der Waals surface area (Å²) in [7, 11) is -3.44. The molecule has 0 spiro atoms. The lowest BCUT2D eigenvalue weighted by molar-refractivity contribution is 0.595. The van der Waals surface area contributed by atoms with Crippen LogP contribution < -0.4 is 0 Å². The van der Waals surface area contributed by atoms with Gasteiger partial charge in [0.05, 0.1) is 28.7 Å². The maximum absolute atomic E-state index is 11.9. The minimum absolute atomic E-state index is 0.0468. The molecule has 0 fully saturated rings. The molecule has 8 heteroatoms. The van der Waals surface area contributed by atoms with Gasteiger partial charge in [0, 0.05) is 17.1 Å². The third kappa shape index (κ3) is 2.50. The number of benzene rings is 1. The number of fused-ring (bicyclic) bond motifs is 1. The predicted octanol–water partition coefficient (Wildman–Crippen LogP) is 3.21. The zero-order valence-corrected chi connectivity index (χ0v) is 13.1. The highest BCUT2D eigenvalue weighted by Crippen LogP contribution is 2.34. The summed E-state index contributed by atoms with van der Waals surface area (Å²) in [5.41, 5.74) is 1.54. The fraction of sp³-hybridized carbons (Fsp3) is 0.0769. The monoisotopic (exact) mass is 341 g/mol. The van der Waals surface area contributed by atoms with Gasteiger partial charge in [0.15, 0.2) is 0 Å². The van der Waals surface area contributed by atoms with Gasteiger partial charge >= 0.3 is 0 Å². The second kappa shape index (κ2) is 4.98. The highest BCUT2D eigenvalue weighted by molar-refractivity contribution is 7.89. The lowest BCUT2D eigenvalue weighted by Gasteiger charge is -2.01. The van der Waals surface area contributed by atoms with E-state index in [1.54, 1.807) is 18.2 Å². The molecule has 0 aliphatic rings. The van der Waals surface area contributed by atoms with Crippen LogP contribution in [0, 0.1) is 0 Å². The maximum Gasteiger partial charge on any atom is 0.236 e. The van der Waals surface area contributed by atoms with Crippen molar-refractivity contribution in [3.63, 3.8) is 0 Å². The van der Waals surface area contributed by atoms with Crippen LogP contribution >= 0.6 is 23.2 Å². The Morgan fingerprint density at radius 1 is 1.19 bits per heavy atom. The highest BCUT2D eigenvalue weighted by atomic mass is 35.5. The molecule has 0 saturated carbocycles. The van der Waals surface area contributed by atoms with E-state index < -0.39 is 10.0 Å². The van der Waals surface area contributed by atoms with Crippen molar-refractivity contribution in [3.8, 4) is 11.3 Å². The van der Waals surface area contributed by atoms with E-state index in [4.69, 9.17) is 23.2 Å². The fourth-order valence-electron chi connectivity index (χ4n) is 2.15. The lowest BCUT2D eigenvalue weighted by Crippen LogP contribution is -2.07. The Morgan fingerprint density at radius 2 is 1.90 bits per heavy atom. The molecule has 1 aromatic carbocycles. The van der Waals surface area contributed by atoms with Crippen molar-refractivity contribution in [3.05, 3.63) is 47.0 Å². The van der Waals surface area contributed by atoms with Crippen LogP contribution in [0.1, 0.15) is 0 Å². The Labute approximate surface area is 131 Å². The summed E-state index contributed by atoms with van der Waals surface area (Å²) < 4.78 is 25.0. The van der Waals surface area contributed by atoms with E-state index in [9.17, 15) is 8.42 Å². The molecule has 0 aliphatic carbocycles. The first-order chi connectivity index (χ1) is 9.88. The van der Waals surface area contributed by atoms with E-state index in [-0.39, 0.29) is 5.28 Å². The van der Waals surface area contributed by atoms with Crippen LogP contribution in [0.2, 0.25) is 10.3 Å². The summed E-state index contributed by atoms with van der Waals surface area (Å²) in [6.45, 7) is 0. The molecule has 0 saturated heterocycles. The van der Waals surface area contributed by atoms with Gasteiger partial charge in [-0.15, -0.1) is 0 Å². The number of aromatic nitrogens is 3. The molecule has 2 heterocycles. The fourth-order valence-corrected chi connectivity index (χ4v) is 3.29. The second-order valence-corrected chi connectivity index (χ2v) is 7.06. The van der Waals surface area contributed by atoms with Crippen LogP contribution in [0.5, 0.6) is 0 Å². The molecule has 0 aliphatic heterocycles. The third-order valence-corrected chi connectivity index (χ3v) is 4.48. The first-order valence-electron chi connectivity index (χ1n) is 5.87. The smallest absolute Gasteiger partial charge is 0.236 e. The van der Waals surface area contributed by atoms with E-state index >= 15 is 0 Å². The van der Waals surface area contributed by atoms with Crippen LogP contribution in [-0.2, 0) is 10.0 Å². The molecular weight excluding hydrogens is 333 g/mol. The topological polar surface area (TPSA) is 64.8 Å². The van der Waals surface area contributed by atoms with Gasteiger partial charge in [-0.05, 0) is 17.7 Å². The van der Waals surface area contributed by atoms with Crippen molar-refractivity contribution in [2.75, 3.05) is 6.26 Å². The minimum Gasteiger partial charge on any atom is -0.245 e. The summed E-state index contributed by atoms with van der Waals surface area (Å²) in [5.74, 6) is 0. The summed E-state index contributed by atoms with van der Waals surface area (Å²) in [6, 6.07) is 7.10. The molecule has 5 nitrogen and oxygen atoms in total. The molecule has 0 unspecified atom stereocenters. The minimum atomic E-state index is -3.44. The molecule has 0 N–H and O–H groups in total. The first-order valence-corrected chi connectivity index (χ1v) is 8.47.